The van der Waals surface area contributed by atoms with Crippen LogP contribution in [0.25, 0.3) is 22.1 Å². The van der Waals surface area contributed by atoms with E-state index < -0.39 is 0 Å². The Kier molecular flexibility index (Phi) is 5.02. The van der Waals surface area contributed by atoms with E-state index in [9.17, 15) is 4.79 Å². The first-order valence-electron chi connectivity index (χ1n) is 8.74. The number of carbonyl (C=O) groups is 1. The fourth-order valence-electron chi connectivity index (χ4n) is 3.00. The Morgan fingerprint density at radius 1 is 1.07 bits per heavy atom. The van der Waals surface area contributed by atoms with Gasteiger partial charge < -0.3 is 9.30 Å². The largest absolute Gasteiger partial charge is 0.461 e. The number of hydrogen-bond donors (Lipinski definition) is 0. The summed E-state index contributed by atoms with van der Waals surface area (Å²) in [7, 11) is 0. The molecule has 0 N–H and O–H groups in total. The lowest BCUT2D eigenvalue weighted by Gasteiger charge is -2.05. The van der Waals surface area contributed by atoms with Gasteiger partial charge in [0.1, 0.15) is 12.1 Å². The quantitative estimate of drug-likeness (QED) is 0.287. The van der Waals surface area contributed by atoms with E-state index in [4.69, 9.17) is 4.74 Å². The van der Waals surface area contributed by atoms with E-state index in [1.54, 1.807) is 12.1 Å². The predicted octanol–water partition coefficient (Wildman–Crippen LogP) is 3.95. The molecule has 4 rings (SSSR count). The van der Waals surface area contributed by atoms with E-state index >= 15 is 0 Å². The van der Waals surface area contributed by atoms with Gasteiger partial charge in [-0.1, -0.05) is 48.2 Å². The second kappa shape index (κ2) is 7.75. The maximum absolute atomic E-state index is 11.9. The van der Waals surface area contributed by atoms with Gasteiger partial charge in [0, 0.05) is 17.7 Å². The number of aryl methyl sites for hydroxylation is 1. The zero-order valence-corrected chi connectivity index (χ0v) is 15.6. The second-order valence-electron chi connectivity index (χ2n) is 5.88. The molecule has 27 heavy (non-hydrogen) atoms. The van der Waals surface area contributed by atoms with Crippen molar-refractivity contribution < 1.29 is 9.53 Å². The van der Waals surface area contributed by atoms with Crippen LogP contribution >= 0.6 is 11.8 Å². The van der Waals surface area contributed by atoms with Crippen LogP contribution in [0.15, 0.2) is 59.8 Å². The first-order chi connectivity index (χ1) is 13.3. The highest BCUT2D eigenvalue weighted by atomic mass is 32.2. The van der Waals surface area contributed by atoms with Gasteiger partial charge in [0.05, 0.1) is 11.1 Å². The summed E-state index contributed by atoms with van der Waals surface area (Å²) in [5.74, 6) is 0.245. The van der Waals surface area contributed by atoms with Crippen LogP contribution in [0.2, 0.25) is 0 Å². The molecule has 2 heterocycles. The lowest BCUT2D eigenvalue weighted by molar-refractivity contribution is 0.0530. The molecule has 2 aromatic heterocycles. The summed E-state index contributed by atoms with van der Waals surface area (Å²) in [5, 5.41) is 10.2. The number of rotatable bonds is 6. The van der Waals surface area contributed by atoms with Crippen LogP contribution in [0, 0.1) is 0 Å². The molecule has 0 fully saturated rings. The molecule has 6 nitrogen and oxygen atoms in total. The molecular formula is C20H18N4O2S. The summed E-state index contributed by atoms with van der Waals surface area (Å²) in [6, 6.07) is 17.1. The normalized spacial score (nSPS) is 11.1. The van der Waals surface area contributed by atoms with Crippen molar-refractivity contribution in [1.82, 2.24) is 19.7 Å². The SMILES string of the molecule is CCn1c2ccccc2c2nnc(SCCOC(=O)c3ccccc3)nc21. The topological polar surface area (TPSA) is 69.9 Å². The molecule has 0 bridgehead atoms. The van der Waals surface area contributed by atoms with E-state index in [0.717, 1.165) is 28.6 Å². The smallest absolute Gasteiger partial charge is 0.338 e. The van der Waals surface area contributed by atoms with Gasteiger partial charge >= 0.3 is 5.97 Å². The third kappa shape index (κ3) is 3.50. The number of benzene rings is 2. The minimum atomic E-state index is -0.322. The van der Waals surface area contributed by atoms with Gasteiger partial charge in [-0.2, -0.15) is 0 Å². The number of aromatic nitrogens is 4. The summed E-state index contributed by atoms with van der Waals surface area (Å²) in [6.45, 7) is 3.18. The Labute approximate surface area is 160 Å². The summed E-state index contributed by atoms with van der Waals surface area (Å²) < 4.78 is 7.43. The Morgan fingerprint density at radius 2 is 1.85 bits per heavy atom. The maximum atomic E-state index is 11.9. The van der Waals surface area contributed by atoms with Crippen LogP contribution in [0.1, 0.15) is 17.3 Å². The van der Waals surface area contributed by atoms with Gasteiger partial charge in [-0.3, -0.25) is 0 Å². The molecule has 0 atom stereocenters. The Hall–Kier alpha value is -2.93. The third-order valence-electron chi connectivity index (χ3n) is 4.23. The van der Waals surface area contributed by atoms with Crippen molar-refractivity contribution in [2.75, 3.05) is 12.4 Å². The van der Waals surface area contributed by atoms with Gasteiger partial charge in [0.15, 0.2) is 5.65 Å². The number of nitrogens with zero attached hydrogens (tertiary/aromatic N) is 4. The van der Waals surface area contributed by atoms with Crippen molar-refractivity contribution in [1.29, 1.82) is 0 Å². The molecule has 2 aromatic carbocycles. The lowest BCUT2D eigenvalue weighted by atomic mass is 10.2. The number of ether oxygens (including phenoxy) is 1. The second-order valence-corrected chi connectivity index (χ2v) is 6.94. The minimum absolute atomic E-state index is 0.288. The van der Waals surface area contributed by atoms with E-state index in [-0.39, 0.29) is 12.6 Å². The maximum Gasteiger partial charge on any atom is 0.338 e. The molecule has 0 aliphatic carbocycles. The molecule has 0 unspecified atom stereocenters. The first-order valence-corrected chi connectivity index (χ1v) is 9.73. The monoisotopic (exact) mass is 378 g/mol. The number of carbonyl (C=O) groups excluding carboxylic acids is 1. The average molecular weight is 378 g/mol. The number of thioether (sulfide) groups is 1. The molecule has 0 amide bonds. The predicted molar refractivity (Wildman–Crippen MR) is 106 cm³/mol. The van der Waals surface area contributed by atoms with Gasteiger partial charge in [-0.15, -0.1) is 10.2 Å². The summed E-state index contributed by atoms with van der Waals surface area (Å²) >= 11 is 1.43. The highest BCUT2D eigenvalue weighted by Gasteiger charge is 2.14. The van der Waals surface area contributed by atoms with Gasteiger partial charge in [0.25, 0.3) is 0 Å². The Balaban J connectivity index is 1.45. The molecule has 0 spiro atoms. The van der Waals surface area contributed by atoms with Crippen LogP contribution in [-0.4, -0.2) is 38.1 Å². The molecule has 7 heteroatoms. The average Bonchev–Trinajstić information content (AvgIpc) is 3.04. The van der Waals surface area contributed by atoms with Crippen molar-refractivity contribution in [2.45, 2.75) is 18.6 Å². The summed E-state index contributed by atoms with van der Waals surface area (Å²) in [5.41, 5.74) is 3.30. The standard InChI is InChI=1S/C20H18N4O2S/c1-2-24-16-11-7-6-10-15(16)17-18(24)21-20(23-22-17)27-13-12-26-19(25)14-8-4-3-5-9-14/h3-11H,2,12-13H2,1H3. The molecular weight excluding hydrogens is 360 g/mol. The van der Waals surface area contributed by atoms with E-state index in [2.05, 4.69) is 32.7 Å². The third-order valence-corrected chi connectivity index (χ3v) is 5.03. The minimum Gasteiger partial charge on any atom is -0.461 e. The van der Waals surface area contributed by atoms with Crippen molar-refractivity contribution in [2.24, 2.45) is 0 Å². The zero-order valence-electron chi connectivity index (χ0n) is 14.8. The molecule has 0 aliphatic rings. The molecule has 0 aliphatic heterocycles. The van der Waals surface area contributed by atoms with Crippen molar-refractivity contribution in [3.63, 3.8) is 0 Å². The summed E-state index contributed by atoms with van der Waals surface area (Å²) in [4.78, 5) is 16.6. The van der Waals surface area contributed by atoms with Crippen LogP contribution < -0.4 is 0 Å². The fraction of sp³-hybridized carbons (Fsp3) is 0.200. The van der Waals surface area contributed by atoms with Crippen molar-refractivity contribution >= 4 is 39.8 Å². The molecule has 4 aromatic rings. The van der Waals surface area contributed by atoms with Crippen LogP contribution in [0.3, 0.4) is 0 Å². The fourth-order valence-corrected chi connectivity index (χ4v) is 3.59. The van der Waals surface area contributed by atoms with E-state index in [1.165, 1.54) is 11.8 Å². The number of esters is 1. The van der Waals surface area contributed by atoms with E-state index in [1.807, 2.05) is 36.4 Å². The summed E-state index contributed by atoms with van der Waals surface area (Å²) in [6.07, 6.45) is 0. The molecule has 0 saturated heterocycles. The number of para-hydroxylation sites is 1. The Bertz CT molecular complexity index is 1100. The highest BCUT2D eigenvalue weighted by Crippen LogP contribution is 2.26. The lowest BCUT2D eigenvalue weighted by Crippen LogP contribution is -2.08. The van der Waals surface area contributed by atoms with E-state index in [0.29, 0.717) is 16.5 Å². The molecule has 0 radical (unpaired) electrons. The van der Waals surface area contributed by atoms with Gasteiger partial charge in [0.2, 0.25) is 5.16 Å². The van der Waals surface area contributed by atoms with Crippen molar-refractivity contribution in [3.05, 3.63) is 60.2 Å². The van der Waals surface area contributed by atoms with Crippen LogP contribution in [-0.2, 0) is 11.3 Å². The molecule has 136 valence electrons. The highest BCUT2D eigenvalue weighted by molar-refractivity contribution is 7.99. The van der Waals surface area contributed by atoms with Crippen LogP contribution in [0.5, 0.6) is 0 Å². The zero-order chi connectivity index (χ0) is 18.6. The number of hydrogen-bond acceptors (Lipinski definition) is 6. The van der Waals surface area contributed by atoms with Gasteiger partial charge in [-0.25, -0.2) is 9.78 Å². The van der Waals surface area contributed by atoms with Crippen LogP contribution in [0.4, 0.5) is 0 Å². The Morgan fingerprint density at radius 3 is 2.67 bits per heavy atom. The number of fused-ring (bicyclic) bond motifs is 3. The van der Waals surface area contributed by atoms with Crippen molar-refractivity contribution in [3.8, 4) is 0 Å². The molecule has 0 saturated carbocycles. The first kappa shape index (κ1) is 17.5. The van der Waals surface area contributed by atoms with Gasteiger partial charge in [-0.05, 0) is 25.1 Å².